The lowest BCUT2D eigenvalue weighted by atomic mass is 9.79. The van der Waals surface area contributed by atoms with Crippen molar-refractivity contribution in [2.45, 2.75) is 96.8 Å². The number of hydrogen-bond acceptors (Lipinski definition) is 2. The molecule has 0 N–H and O–H groups in total. The van der Waals surface area contributed by atoms with Gasteiger partial charge < -0.3 is 0 Å². The molecule has 4 heterocycles. The topological polar surface area (TPSA) is 6.48 Å². The molecule has 4 unspecified atom stereocenters. The SMILES string of the molecule is Cc1c(Br)c(Br)c(C)c2c1C1(C)C=CC2(C)N1CCCCCN1C2(C)C=CC1(C)c1c(C)c(Br)c(Br)c(C)c12. The molecule has 0 radical (unpaired) electrons. The van der Waals surface area contributed by atoms with E-state index < -0.39 is 0 Å². The Bertz CT molecular complexity index is 1290. The fraction of sp³-hybridized carbons (Fsp3) is 0.515. The average molecular weight is 782 g/mol. The summed E-state index contributed by atoms with van der Waals surface area (Å²) in [5.74, 6) is 0. The second-order valence-corrected chi connectivity index (χ2v) is 16.0. The number of halogens is 4. The lowest BCUT2D eigenvalue weighted by Crippen LogP contribution is -2.43. The molecule has 0 saturated heterocycles. The van der Waals surface area contributed by atoms with Gasteiger partial charge in [-0.15, -0.1) is 0 Å². The monoisotopic (exact) mass is 778 g/mol. The van der Waals surface area contributed by atoms with Crippen LogP contribution >= 0.6 is 63.7 Å². The minimum Gasteiger partial charge on any atom is -0.277 e. The number of unbranched alkanes of at least 4 members (excludes halogenated alkanes) is 2. The van der Waals surface area contributed by atoms with Gasteiger partial charge >= 0.3 is 0 Å². The maximum atomic E-state index is 3.87. The number of hydrogen-bond donors (Lipinski definition) is 0. The smallest absolute Gasteiger partial charge is 0.0634 e. The Morgan fingerprint density at radius 2 is 0.692 bits per heavy atom. The highest BCUT2D eigenvalue weighted by Gasteiger charge is 2.58. The second-order valence-electron chi connectivity index (χ2n) is 12.9. The summed E-state index contributed by atoms with van der Waals surface area (Å²) in [5.41, 5.74) is 11.3. The zero-order valence-corrected chi connectivity index (χ0v) is 30.6. The third kappa shape index (κ3) is 3.48. The van der Waals surface area contributed by atoms with E-state index in [-0.39, 0.29) is 22.2 Å². The van der Waals surface area contributed by atoms with Gasteiger partial charge in [-0.05, 0) is 176 Å². The van der Waals surface area contributed by atoms with E-state index in [1.807, 2.05) is 0 Å². The van der Waals surface area contributed by atoms with E-state index in [1.54, 1.807) is 0 Å². The van der Waals surface area contributed by atoms with Crippen molar-refractivity contribution >= 4 is 63.7 Å². The quantitative estimate of drug-likeness (QED) is 0.213. The molecule has 0 spiro atoms. The first-order chi connectivity index (χ1) is 18.2. The predicted molar refractivity (Wildman–Crippen MR) is 178 cm³/mol. The third-order valence-electron chi connectivity index (χ3n) is 10.7. The molecule has 0 aliphatic carbocycles. The summed E-state index contributed by atoms with van der Waals surface area (Å²) in [6.07, 6.45) is 13.5. The van der Waals surface area contributed by atoms with Crippen molar-refractivity contribution < 1.29 is 0 Å². The zero-order valence-electron chi connectivity index (χ0n) is 24.3. The van der Waals surface area contributed by atoms with Gasteiger partial charge in [0.25, 0.3) is 0 Å². The first-order valence-corrected chi connectivity index (χ1v) is 17.3. The Balaban J connectivity index is 1.18. The molecule has 2 aromatic carbocycles. The van der Waals surface area contributed by atoms with Crippen molar-refractivity contribution in [2.24, 2.45) is 0 Å². The highest BCUT2D eigenvalue weighted by molar-refractivity contribution is 9.13. The van der Waals surface area contributed by atoms with Gasteiger partial charge in [0.2, 0.25) is 0 Å². The van der Waals surface area contributed by atoms with Gasteiger partial charge in [0.15, 0.2) is 0 Å². The van der Waals surface area contributed by atoms with Gasteiger partial charge in [0, 0.05) is 31.0 Å². The van der Waals surface area contributed by atoms with Crippen LogP contribution in [0.2, 0.25) is 0 Å². The second kappa shape index (κ2) is 9.13. The summed E-state index contributed by atoms with van der Waals surface area (Å²) in [6.45, 7) is 21.0. The lowest BCUT2D eigenvalue weighted by Gasteiger charge is -2.38. The van der Waals surface area contributed by atoms with E-state index in [9.17, 15) is 0 Å². The molecule has 2 nitrogen and oxygen atoms in total. The maximum Gasteiger partial charge on any atom is 0.0634 e. The van der Waals surface area contributed by atoms with E-state index in [0.717, 1.165) is 13.1 Å². The molecular weight excluding hydrogens is 744 g/mol. The van der Waals surface area contributed by atoms with Crippen LogP contribution in [0.5, 0.6) is 0 Å². The Hall–Kier alpha value is -0.240. The number of benzene rings is 2. The van der Waals surface area contributed by atoms with E-state index in [1.165, 1.54) is 81.7 Å². The molecule has 6 heteroatoms. The summed E-state index contributed by atoms with van der Waals surface area (Å²) < 4.78 is 4.80. The highest BCUT2D eigenvalue weighted by Crippen LogP contribution is 2.61. The van der Waals surface area contributed by atoms with Crippen LogP contribution < -0.4 is 0 Å². The standard InChI is InChI=1S/C33H38Br4N2/c1-18-22-23(19(2)27(35)26(18)34)31(6)13-12-30(22,5)38(31)16-10-9-11-17-39-32(7)14-15-33(39,8)25-21(4)29(37)28(36)20(3)24(25)32/h12-15H,9-11,16-17H2,1-8H3. The highest BCUT2D eigenvalue weighted by atomic mass is 79.9. The molecule has 0 saturated carbocycles. The number of rotatable bonds is 6. The van der Waals surface area contributed by atoms with E-state index in [4.69, 9.17) is 0 Å². The van der Waals surface area contributed by atoms with Crippen molar-refractivity contribution in [1.82, 2.24) is 9.80 Å². The number of nitrogens with zero attached hydrogens (tertiary/aromatic N) is 2. The normalized spacial score (nSPS) is 32.1. The summed E-state index contributed by atoms with van der Waals surface area (Å²) in [6, 6.07) is 0. The summed E-state index contributed by atoms with van der Waals surface area (Å²) in [5, 5.41) is 0. The molecular formula is C33H38Br4N2. The van der Waals surface area contributed by atoms with E-state index in [0.29, 0.717) is 0 Å². The summed E-state index contributed by atoms with van der Waals surface area (Å²) in [7, 11) is 0. The first kappa shape index (κ1) is 28.9. The first-order valence-electron chi connectivity index (χ1n) is 14.1. The largest absolute Gasteiger partial charge is 0.277 e. The Morgan fingerprint density at radius 1 is 0.462 bits per heavy atom. The fourth-order valence-corrected chi connectivity index (χ4v) is 10.9. The van der Waals surface area contributed by atoms with Crippen LogP contribution in [0.3, 0.4) is 0 Å². The molecule has 4 aliphatic rings. The van der Waals surface area contributed by atoms with Crippen LogP contribution in [-0.2, 0) is 22.2 Å². The average Bonchev–Trinajstić information content (AvgIpc) is 3.45. The van der Waals surface area contributed by atoms with Gasteiger partial charge in [0.1, 0.15) is 0 Å². The van der Waals surface area contributed by atoms with E-state index in [2.05, 4.69) is 153 Å². The van der Waals surface area contributed by atoms with Crippen LogP contribution in [-0.4, -0.2) is 22.9 Å². The predicted octanol–water partition coefficient (Wildman–Crippen LogP) is 10.5. The van der Waals surface area contributed by atoms with Crippen molar-refractivity contribution in [1.29, 1.82) is 0 Å². The minimum atomic E-state index is -0.0431. The zero-order chi connectivity index (χ0) is 28.4. The maximum absolute atomic E-state index is 3.87. The third-order valence-corrected chi connectivity index (χ3v) is 15.7. The minimum absolute atomic E-state index is 0.0431. The Kier molecular flexibility index (Phi) is 6.76. The van der Waals surface area contributed by atoms with Gasteiger partial charge in [-0.25, -0.2) is 0 Å². The van der Waals surface area contributed by atoms with Gasteiger partial charge in [0.05, 0.1) is 22.2 Å². The molecule has 0 fully saturated rings. The van der Waals surface area contributed by atoms with Crippen LogP contribution in [0.25, 0.3) is 0 Å². The Morgan fingerprint density at radius 3 is 0.923 bits per heavy atom. The molecule has 39 heavy (non-hydrogen) atoms. The molecule has 6 rings (SSSR count). The van der Waals surface area contributed by atoms with Crippen molar-refractivity contribution in [3.8, 4) is 0 Å². The summed E-state index contributed by atoms with van der Waals surface area (Å²) >= 11 is 15.5. The van der Waals surface area contributed by atoms with Gasteiger partial charge in [-0.2, -0.15) is 0 Å². The van der Waals surface area contributed by atoms with E-state index >= 15 is 0 Å². The molecule has 4 atom stereocenters. The Labute approximate surface area is 268 Å². The molecule has 0 aromatic heterocycles. The molecule has 208 valence electrons. The van der Waals surface area contributed by atoms with Crippen LogP contribution in [0.4, 0.5) is 0 Å². The van der Waals surface area contributed by atoms with Gasteiger partial charge in [-0.1, -0.05) is 30.7 Å². The van der Waals surface area contributed by atoms with Crippen molar-refractivity contribution in [3.63, 3.8) is 0 Å². The van der Waals surface area contributed by atoms with Crippen LogP contribution in [0, 0.1) is 27.7 Å². The molecule has 4 bridgehead atoms. The molecule has 2 aromatic rings. The van der Waals surface area contributed by atoms with Crippen molar-refractivity contribution in [2.75, 3.05) is 13.1 Å². The number of fused-ring (bicyclic) bond motifs is 10. The van der Waals surface area contributed by atoms with Crippen molar-refractivity contribution in [3.05, 3.63) is 86.7 Å². The lowest BCUT2D eigenvalue weighted by molar-refractivity contribution is 0.0875. The molecule has 0 amide bonds. The molecule has 4 aliphatic heterocycles. The summed E-state index contributed by atoms with van der Waals surface area (Å²) in [4.78, 5) is 5.51. The fourth-order valence-electron chi connectivity index (χ4n) is 8.87. The van der Waals surface area contributed by atoms with Crippen LogP contribution in [0.15, 0.2) is 42.2 Å². The van der Waals surface area contributed by atoms with Gasteiger partial charge in [-0.3, -0.25) is 9.80 Å². The van der Waals surface area contributed by atoms with Crippen LogP contribution in [0.1, 0.15) is 91.5 Å².